The SMILES string of the molecule is CCOc1ccc(O[C@H](C)C(=O)NNC(=S)NC[C@@H]2CCCO2)cc1. The van der Waals surface area contributed by atoms with Crippen molar-refractivity contribution in [3.8, 4) is 11.5 Å². The van der Waals surface area contributed by atoms with Crippen LogP contribution in [-0.2, 0) is 9.53 Å². The summed E-state index contributed by atoms with van der Waals surface area (Å²) in [7, 11) is 0. The van der Waals surface area contributed by atoms with E-state index in [0.29, 0.717) is 24.0 Å². The highest BCUT2D eigenvalue weighted by molar-refractivity contribution is 7.80. The summed E-state index contributed by atoms with van der Waals surface area (Å²) in [6.45, 7) is 5.61. The van der Waals surface area contributed by atoms with E-state index in [1.54, 1.807) is 31.2 Å². The average molecular weight is 367 g/mol. The molecule has 1 heterocycles. The van der Waals surface area contributed by atoms with E-state index in [9.17, 15) is 4.79 Å². The van der Waals surface area contributed by atoms with Crippen molar-refractivity contribution < 1.29 is 19.0 Å². The number of thiocarbonyl (C=S) groups is 1. The molecule has 1 fully saturated rings. The molecule has 0 spiro atoms. The molecule has 0 aromatic heterocycles. The van der Waals surface area contributed by atoms with Crippen molar-refractivity contribution in [3.63, 3.8) is 0 Å². The summed E-state index contributed by atoms with van der Waals surface area (Å²) in [6, 6.07) is 7.11. The zero-order valence-electron chi connectivity index (χ0n) is 14.5. The summed E-state index contributed by atoms with van der Waals surface area (Å²) in [5.74, 6) is 1.02. The molecule has 7 nitrogen and oxygen atoms in total. The molecule has 1 amide bonds. The fraction of sp³-hybridized carbons (Fsp3) is 0.529. The third-order valence-corrected chi connectivity index (χ3v) is 3.88. The van der Waals surface area contributed by atoms with E-state index < -0.39 is 6.10 Å². The zero-order valence-corrected chi connectivity index (χ0v) is 15.4. The Hall–Kier alpha value is -2.06. The van der Waals surface area contributed by atoms with Crippen LogP contribution in [0.2, 0.25) is 0 Å². The smallest absolute Gasteiger partial charge is 0.279 e. The first kappa shape index (κ1) is 19.3. The van der Waals surface area contributed by atoms with E-state index in [2.05, 4.69) is 16.2 Å². The van der Waals surface area contributed by atoms with Gasteiger partial charge in [0.1, 0.15) is 11.5 Å². The molecule has 0 radical (unpaired) electrons. The van der Waals surface area contributed by atoms with E-state index in [0.717, 1.165) is 25.2 Å². The largest absolute Gasteiger partial charge is 0.494 e. The Bertz CT molecular complexity index is 562. The third kappa shape index (κ3) is 6.75. The highest BCUT2D eigenvalue weighted by Crippen LogP contribution is 2.18. The van der Waals surface area contributed by atoms with Gasteiger partial charge in [-0.05, 0) is 63.2 Å². The number of hydrogen-bond donors (Lipinski definition) is 3. The Morgan fingerprint density at radius 3 is 2.68 bits per heavy atom. The molecule has 8 heteroatoms. The second kappa shape index (κ2) is 10.0. The van der Waals surface area contributed by atoms with Crippen LogP contribution < -0.4 is 25.6 Å². The van der Waals surface area contributed by atoms with Gasteiger partial charge in [-0.3, -0.25) is 15.6 Å². The van der Waals surface area contributed by atoms with Crippen molar-refractivity contribution in [2.45, 2.75) is 38.9 Å². The van der Waals surface area contributed by atoms with Crippen molar-refractivity contribution in [2.24, 2.45) is 0 Å². The normalized spacial score (nSPS) is 17.4. The maximum Gasteiger partial charge on any atom is 0.279 e. The first-order valence-corrected chi connectivity index (χ1v) is 8.84. The molecule has 1 aromatic rings. The van der Waals surface area contributed by atoms with Gasteiger partial charge in [0.2, 0.25) is 0 Å². The van der Waals surface area contributed by atoms with E-state index in [1.807, 2.05) is 6.92 Å². The highest BCUT2D eigenvalue weighted by Gasteiger charge is 2.17. The van der Waals surface area contributed by atoms with Crippen molar-refractivity contribution in [1.82, 2.24) is 16.2 Å². The highest BCUT2D eigenvalue weighted by atomic mass is 32.1. The minimum absolute atomic E-state index is 0.178. The summed E-state index contributed by atoms with van der Waals surface area (Å²) in [5, 5.41) is 3.36. The van der Waals surface area contributed by atoms with Crippen molar-refractivity contribution in [3.05, 3.63) is 24.3 Å². The molecule has 138 valence electrons. The molecular formula is C17H25N3O4S. The Kier molecular flexibility index (Phi) is 7.75. The number of amides is 1. The molecule has 2 rings (SSSR count). The maximum atomic E-state index is 12.0. The molecule has 1 saturated heterocycles. The first-order valence-electron chi connectivity index (χ1n) is 8.43. The van der Waals surface area contributed by atoms with E-state index in [-0.39, 0.29) is 12.0 Å². The number of carbonyl (C=O) groups is 1. The first-order chi connectivity index (χ1) is 12.1. The van der Waals surface area contributed by atoms with E-state index in [4.69, 9.17) is 26.4 Å². The second-order valence-corrected chi connectivity index (χ2v) is 6.03. The Labute approximate surface area is 153 Å². The molecule has 3 N–H and O–H groups in total. The van der Waals surface area contributed by atoms with Gasteiger partial charge in [-0.2, -0.15) is 0 Å². The molecule has 1 aliphatic rings. The molecule has 0 bridgehead atoms. The Morgan fingerprint density at radius 1 is 1.32 bits per heavy atom. The van der Waals surface area contributed by atoms with Crippen LogP contribution in [0, 0.1) is 0 Å². The number of ether oxygens (including phenoxy) is 3. The average Bonchev–Trinajstić information content (AvgIpc) is 3.13. The fourth-order valence-electron chi connectivity index (χ4n) is 2.31. The summed E-state index contributed by atoms with van der Waals surface area (Å²) in [6.07, 6.45) is 1.60. The van der Waals surface area contributed by atoms with Gasteiger partial charge in [0.25, 0.3) is 5.91 Å². The quantitative estimate of drug-likeness (QED) is 0.498. The van der Waals surface area contributed by atoms with Crippen LogP contribution in [0.1, 0.15) is 26.7 Å². The predicted octanol–water partition coefficient (Wildman–Crippen LogP) is 1.53. The number of hydrogen-bond acceptors (Lipinski definition) is 5. The van der Waals surface area contributed by atoms with Gasteiger partial charge in [-0.15, -0.1) is 0 Å². The van der Waals surface area contributed by atoms with Gasteiger partial charge >= 0.3 is 0 Å². The van der Waals surface area contributed by atoms with E-state index in [1.165, 1.54) is 0 Å². The van der Waals surface area contributed by atoms with Gasteiger partial charge in [-0.1, -0.05) is 0 Å². The lowest BCUT2D eigenvalue weighted by atomic mass is 10.2. The number of rotatable bonds is 7. The molecule has 0 unspecified atom stereocenters. The van der Waals surface area contributed by atoms with Crippen LogP contribution in [0.15, 0.2) is 24.3 Å². The monoisotopic (exact) mass is 367 g/mol. The number of nitrogens with one attached hydrogen (secondary N) is 3. The van der Waals surface area contributed by atoms with Gasteiger partial charge in [0.05, 0.1) is 12.7 Å². The maximum absolute atomic E-state index is 12.0. The topological polar surface area (TPSA) is 80.9 Å². The van der Waals surface area contributed by atoms with E-state index >= 15 is 0 Å². The molecule has 1 aromatic carbocycles. The van der Waals surface area contributed by atoms with Gasteiger partial charge < -0.3 is 19.5 Å². The number of carbonyl (C=O) groups excluding carboxylic acids is 1. The number of hydrazine groups is 1. The fourth-order valence-corrected chi connectivity index (χ4v) is 2.45. The van der Waals surface area contributed by atoms with Crippen LogP contribution in [0.5, 0.6) is 11.5 Å². The molecule has 0 aliphatic carbocycles. The van der Waals surface area contributed by atoms with Crippen LogP contribution >= 0.6 is 12.2 Å². The van der Waals surface area contributed by atoms with Crippen LogP contribution in [-0.4, -0.2) is 43.0 Å². The zero-order chi connectivity index (χ0) is 18.1. The minimum atomic E-state index is -0.675. The molecule has 0 saturated carbocycles. The predicted molar refractivity (Wildman–Crippen MR) is 98.6 cm³/mol. The lowest BCUT2D eigenvalue weighted by molar-refractivity contribution is -0.127. The van der Waals surface area contributed by atoms with Crippen molar-refractivity contribution >= 4 is 23.2 Å². The standard InChI is InChI=1S/C17H25N3O4S/c1-3-22-13-6-8-14(9-7-13)24-12(2)16(21)19-20-17(25)18-11-15-5-4-10-23-15/h6-9,12,15H,3-5,10-11H2,1-2H3,(H,19,21)(H2,18,20,25)/t12-,15+/m1/s1. The lowest BCUT2D eigenvalue weighted by Crippen LogP contribution is -2.51. The summed E-state index contributed by atoms with van der Waals surface area (Å²) < 4.78 is 16.4. The summed E-state index contributed by atoms with van der Waals surface area (Å²) in [5.41, 5.74) is 5.19. The minimum Gasteiger partial charge on any atom is -0.494 e. The van der Waals surface area contributed by atoms with Gasteiger partial charge in [0, 0.05) is 13.2 Å². The van der Waals surface area contributed by atoms with Gasteiger partial charge in [0.15, 0.2) is 11.2 Å². The summed E-state index contributed by atoms with van der Waals surface area (Å²) >= 11 is 5.12. The molecule has 25 heavy (non-hydrogen) atoms. The van der Waals surface area contributed by atoms with Crippen molar-refractivity contribution in [2.75, 3.05) is 19.8 Å². The molecule has 1 aliphatic heterocycles. The molecular weight excluding hydrogens is 342 g/mol. The Morgan fingerprint density at radius 2 is 2.04 bits per heavy atom. The second-order valence-electron chi connectivity index (χ2n) is 5.62. The van der Waals surface area contributed by atoms with Gasteiger partial charge in [-0.25, -0.2) is 0 Å². The summed E-state index contributed by atoms with van der Waals surface area (Å²) in [4.78, 5) is 12.0. The van der Waals surface area contributed by atoms with Crippen LogP contribution in [0.4, 0.5) is 0 Å². The third-order valence-electron chi connectivity index (χ3n) is 3.63. The van der Waals surface area contributed by atoms with Crippen LogP contribution in [0.25, 0.3) is 0 Å². The number of benzene rings is 1. The lowest BCUT2D eigenvalue weighted by Gasteiger charge is -2.17. The Balaban J connectivity index is 1.67. The van der Waals surface area contributed by atoms with Crippen molar-refractivity contribution in [1.29, 1.82) is 0 Å². The molecule has 2 atom stereocenters. The van der Waals surface area contributed by atoms with Crippen LogP contribution in [0.3, 0.4) is 0 Å².